The van der Waals surface area contributed by atoms with Gasteiger partial charge in [0.2, 0.25) is 0 Å². The lowest BCUT2D eigenvalue weighted by Gasteiger charge is -1.95. The number of hydrogen-bond acceptors (Lipinski definition) is 3. The van der Waals surface area contributed by atoms with Gasteiger partial charge >= 0.3 is 5.65 Å². The zero-order valence-electron chi connectivity index (χ0n) is 5.28. The van der Waals surface area contributed by atoms with E-state index in [-0.39, 0.29) is 0 Å². The number of rotatable bonds is 0. The van der Waals surface area contributed by atoms with Gasteiger partial charge in [-0.2, -0.15) is 0 Å². The van der Waals surface area contributed by atoms with E-state index >= 15 is 0 Å². The van der Waals surface area contributed by atoms with Crippen LogP contribution in [0.15, 0.2) is 17.3 Å². The quantitative estimate of drug-likeness (QED) is 0.391. The maximum atomic E-state index is 11.1. The smallest absolute Gasteiger partial charge is 0.306 e. The fourth-order valence-corrected chi connectivity index (χ4v) is 1.21. The molecule has 2 aromatic heterocycles. The molecule has 2 rings (SSSR count). The van der Waals surface area contributed by atoms with Gasteiger partial charge in [0.1, 0.15) is 0 Å². The highest BCUT2D eigenvalue weighted by atomic mass is 79.9. The van der Waals surface area contributed by atoms with Crippen LogP contribution in [0.25, 0.3) is 11.2 Å². The van der Waals surface area contributed by atoms with E-state index in [0.717, 1.165) is 0 Å². The SMILES string of the molecule is [O-][n+]1c(Br)[nH]c2cncnc21. The van der Waals surface area contributed by atoms with E-state index in [9.17, 15) is 5.21 Å². The van der Waals surface area contributed by atoms with Crippen LogP contribution in [0.5, 0.6) is 0 Å². The van der Waals surface area contributed by atoms with E-state index in [1.165, 1.54) is 6.33 Å². The van der Waals surface area contributed by atoms with Crippen molar-refractivity contribution < 1.29 is 4.73 Å². The van der Waals surface area contributed by atoms with E-state index in [0.29, 0.717) is 20.6 Å². The molecule has 0 spiro atoms. The lowest BCUT2D eigenvalue weighted by atomic mass is 10.6. The number of aromatic amines is 1. The van der Waals surface area contributed by atoms with Gasteiger partial charge in [0.25, 0.3) is 4.73 Å². The number of H-pyrrole nitrogens is 1. The maximum absolute atomic E-state index is 11.1. The molecule has 0 amide bonds. The molecule has 0 radical (unpaired) electrons. The van der Waals surface area contributed by atoms with Crippen LogP contribution in [0.3, 0.4) is 0 Å². The molecule has 0 saturated heterocycles. The van der Waals surface area contributed by atoms with E-state index in [4.69, 9.17) is 0 Å². The standard InChI is InChI=1S/C5H3BrN4O/c6-5-9-3-1-7-2-8-4(3)10(5)11/h1-2,9H. The van der Waals surface area contributed by atoms with Crippen molar-refractivity contribution in [3.8, 4) is 0 Å². The number of aromatic nitrogens is 4. The highest BCUT2D eigenvalue weighted by Gasteiger charge is 2.09. The third-order valence-corrected chi connectivity index (χ3v) is 1.82. The summed E-state index contributed by atoms with van der Waals surface area (Å²) in [6.45, 7) is 0. The Bertz CT molecular complexity index is 398. The number of hydrogen-bond donors (Lipinski definition) is 1. The summed E-state index contributed by atoms with van der Waals surface area (Å²) < 4.78 is 1.00. The van der Waals surface area contributed by atoms with Crippen LogP contribution in [-0.2, 0) is 0 Å². The summed E-state index contributed by atoms with van der Waals surface area (Å²) in [5.74, 6) is 0. The first-order valence-corrected chi connectivity index (χ1v) is 3.65. The molecule has 6 heteroatoms. The van der Waals surface area contributed by atoms with Crippen molar-refractivity contribution in [2.45, 2.75) is 0 Å². The monoisotopic (exact) mass is 214 g/mol. The summed E-state index contributed by atoms with van der Waals surface area (Å²) in [7, 11) is 0. The first kappa shape index (κ1) is 6.53. The zero-order chi connectivity index (χ0) is 7.84. The molecule has 0 aliphatic heterocycles. The maximum Gasteiger partial charge on any atom is 0.306 e. The molecule has 0 bridgehead atoms. The van der Waals surface area contributed by atoms with Crippen molar-refractivity contribution in [2.75, 3.05) is 0 Å². The van der Waals surface area contributed by atoms with E-state index in [1.807, 2.05) is 0 Å². The summed E-state index contributed by atoms with van der Waals surface area (Å²) in [6.07, 6.45) is 2.87. The van der Waals surface area contributed by atoms with Crippen LogP contribution in [0.1, 0.15) is 0 Å². The number of fused-ring (bicyclic) bond motifs is 1. The van der Waals surface area contributed by atoms with Crippen molar-refractivity contribution >= 4 is 27.1 Å². The van der Waals surface area contributed by atoms with Gasteiger partial charge in [-0.05, 0) is 0 Å². The van der Waals surface area contributed by atoms with Gasteiger partial charge in [0.15, 0.2) is 11.8 Å². The minimum Gasteiger partial charge on any atom is -0.739 e. The van der Waals surface area contributed by atoms with Gasteiger partial charge < -0.3 is 5.21 Å². The number of nitrogens with zero attached hydrogens (tertiary/aromatic N) is 3. The van der Waals surface area contributed by atoms with Crippen molar-refractivity contribution in [3.05, 3.63) is 22.5 Å². The Kier molecular flexibility index (Phi) is 1.28. The molecular formula is C5H3BrN4O. The molecule has 0 atom stereocenters. The molecule has 0 fully saturated rings. The Labute approximate surface area is 69.8 Å². The summed E-state index contributed by atoms with van der Waals surface area (Å²) in [4.78, 5) is 10.3. The molecule has 1 N–H and O–H groups in total. The van der Waals surface area contributed by atoms with E-state index < -0.39 is 0 Å². The number of imidazole rings is 1. The second-order valence-electron chi connectivity index (χ2n) is 1.97. The highest BCUT2D eigenvalue weighted by Crippen LogP contribution is 2.07. The average molecular weight is 215 g/mol. The predicted octanol–water partition coefficient (Wildman–Crippen LogP) is 0.354. The molecule has 56 valence electrons. The predicted molar refractivity (Wildman–Crippen MR) is 40.5 cm³/mol. The molecule has 0 aliphatic carbocycles. The van der Waals surface area contributed by atoms with Crippen molar-refractivity contribution in [1.29, 1.82) is 0 Å². The number of halogens is 1. The van der Waals surface area contributed by atoms with Crippen LogP contribution in [0.2, 0.25) is 0 Å². The Morgan fingerprint density at radius 2 is 2.45 bits per heavy atom. The second-order valence-corrected chi connectivity index (χ2v) is 2.72. The van der Waals surface area contributed by atoms with Crippen molar-refractivity contribution in [1.82, 2.24) is 15.0 Å². The Hall–Kier alpha value is -1.17. The van der Waals surface area contributed by atoms with Crippen LogP contribution in [0.4, 0.5) is 0 Å². The topological polar surface area (TPSA) is 68.5 Å². The van der Waals surface area contributed by atoms with Gasteiger partial charge in [-0.3, -0.25) is 4.98 Å². The molecule has 5 nitrogen and oxygen atoms in total. The summed E-state index contributed by atoms with van der Waals surface area (Å²) in [5, 5.41) is 11.1. The second kappa shape index (κ2) is 2.16. The molecule has 2 heterocycles. The van der Waals surface area contributed by atoms with Crippen LogP contribution in [-0.4, -0.2) is 15.0 Å². The van der Waals surface area contributed by atoms with Gasteiger partial charge in [-0.15, -0.1) is 0 Å². The summed E-state index contributed by atoms with van der Waals surface area (Å²) >= 11 is 3.04. The normalized spacial score (nSPS) is 10.6. The fraction of sp³-hybridized carbons (Fsp3) is 0. The Balaban J connectivity index is 2.92. The van der Waals surface area contributed by atoms with Gasteiger partial charge in [-0.25, -0.2) is 9.71 Å². The third-order valence-electron chi connectivity index (χ3n) is 1.30. The minimum atomic E-state index is 0.340. The van der Waals surface area contributed by atoms with Gasteiger partial charge in [-0.1, -0.05) is 4.98 Å². The minimum absolute atomic E-state index is 0.340. The molecule has 0 unspecified atom stereocenters. The van der Waals surface area contributed by atoms with Crippen molar-refractivity contribution in [2.24, 2.45) is 0 Å². The summed E-state index contributed by atoms with van der Waals surface area (Å²) in [6, 6.07) is 0. The zero-order valence-corrected chi connectivity index (χ0v) is 6.87. The molecule has 11 heavy (non-hydrogen) atoms. The molecular weight excluding hydrogens is 212 g/mol. The highest BCUT2D eigenvalue weighted by molar-refractivity contribution is 9.10. The van der Waals surface area contributed by atoms with Crippen LogP contribution < -0.4 is 4.73 Å². The van der Waals surface area contributed by atoms with Crippen LogP contribution >= 0.6 is 15.9 Å². The first-order chi connectivity index (χ1) is 5.29. The lowest BCUT2D eigenvalue weighted by molar-refractivity contribution is -0.591. The lowest BCUT2D eigenvalue weighted by Crippen LogP contribution is -2.26. The molecule has 0 saturated carbocycles. The van der Waals surface area contributed by atoms with Crippen LogP contribution in [0, 0.1) is 5.21 Å². The largest absolute Gasteiger partial charge is 0.739 e. The third kappa shape index (κ3) is 0.864. The van der Waals surface area contributed by atoms with Crippen molar-refractivity contribution in [3.63, 3.8) is 0 Å². The summed E-state index contributed by atoms with van der Waals surface area (Å²) in [5.41, 5.74) is 0.959. The molecule has 0 aromatic carbocycles. The van der Waals surface area contributed by atoms with Gasteiger partial charge in [0, 0.05) is 15.9 Å². The Morgan fingerprint density at radius 3 is 3.18 bits per heavy atom. The van der Waals surface area contributed by atoms with E-state index in [1.54, 1.807) is 6.20 Å². The van der Waals surface area contributed by atoms with Gasteiger partial charge in [0.05, 0.1) is 6.20 Å². The average Bonchev–Trinajstić information content (AvgIpc) is 2.30. The molecule has 0 aliphatic rings. The Morgan fingerprint density at radius 1 is 1.64 bits per heavy atom. The number of nitrogens with one attached hydrogen (secondary N) is 1. The first-order valence-electron chi connectivity index (χ1n) is 2.86. The van der Waals surface area contributed by atoms with E-state index in [2.05, 4.69) is 30.9 Å². The molecule has 2 aromatic rings. The fourth-order valence-electron chi connectivity index (χ4n) is 0.828.